The van der Waals surface area contributed by atoms with Crippen LogP contribution in [0.3, 0.4) is 0 Å². The molecule has 0 aromatic carbocycles. The average Bonchev–Trinajstić information content (AvgIpc) is 2.82. The fourth-order valence-corrected chi connectivity index (χ4v) is 4.13. The Labute approximate surface area is 194 Å². The molecule has 2 aliphatic heterocycles. The maximum atomic E-state index is 10.6. The van der Waals surface area contributed by atoms with Gasteiger partial charge in [0.25, 0.3) is 0 Å². The van der Waals surface area contributed by atoms with Gasteiger partial charge in [-0.2, -0.15) is 0 Å². The monoisotopic (exact) mass is 482 g/mol. The molecule has 11 nitrogen and oxygen atoms in total. The van der Waals surface area contributed by atoms with E-state index in [4.69, 9.17) is 18.9 Å². The normalized spacial score (nSPS) is 39.6. The van der Waals surface area contributed by atoms with E-state index in [9.17, 15) is 35.7 Å². The number of hydrogen-bond donors (Lipinski definition) is 7. The molecule has 0 amide bonds. The summed E-state index contributed by atoms with van der Waals surface area (Å²) in [6, 6.07) is 0. The summed E-state index contributed by atoms with van der Waals surface area (Å²) in [4.78, 5) is 0. The van der Waals surface area contributed by atoms with Crippen molar-refractivity contribution in [3.05, 3.63) is 0 Å². The molecule has 0 radical (unpaired) electrons. The van der Waals surface area contributed by atoms with Crippen LogP contribution in [0.25, 0.3) is 0 Å². The van der Waals surface area contributed by atoms with Gasteiger partial charge in [-0.3, -0.25) is 0 Å². The first kappa shape index (κ1) is 28.8. The predicted octanol–water partition coefficient (Wildman–Crippen LogP) is -1.23. The second-order valence-electron chi connectivity index (χ2n) is 8.85. The fraction of sp³-hybridized carbons (Fsp3) is 1.00. The van der Waals surface area contributed by atoms with Crippen LogP contribution >= 0.6 is 0 Å². The van der Waals surface area contributed by atoms with Crippen LogP contribution in [0.2, 0.25) is 0 Å². The van der Waals surface area contributed by atoms with Gasteiger partial charge in [0.15, 0.2) is 12.6 Å². The molecule has 2 aliphatic rings. The van der Waals surface area contributed by atoms with Gasteiger partial charge in [-0.25, -0.2) is 0 Å². The topological polar surface area (TPSA) is 179 Å². The molecule has 4 unspecified atom stereocenters. The Bertz CT molecular complexity index is 521. The minimum Gasteiger partial charge on any atom is -0.394 e. The Morgan fingerprint density at radius 2 is 1.15 bits per heavy atom. The summed E-state index contributed by atoms with van der Waals surface area (Å²) in [6.45, 7) is 1.28. The van der Waals surface area contributed by atoms with Gasteiger partial charge in [0.1, 0.15) is 48.8 Å². The summed E-state index contributed by atoms with van der Waals surface area (Å²) in [6.07, 6.45) is -5.35. The van der Waals surface area contributed by atoms with Crippen LogP contribution in [0.1, 0.15) is 58.3 Å². The lowest BCUT2D eigenvalue weighted by Gasteiger charge is -2.45. The lowest BCUT2D eigenvalue weighted by atomic mass is 9.97. The molecular weight excluding hydrogens is 440 g/mol. The van der Waals surface area contributed by atoms with Crippen molar-refractivity contribution in [2.75, 3.05) is 19.8 Å². The van der Waals surface area contributed by atoms with Gasteiger partial charge in [0, 0.05) is 6.61 Å². The number of unbranched alkanes of at least 4 members (excludes halogenated alkanes) is 7. The maximum Gasteiger partial charge on any atom is 0.187 e. The lowest BCUT2D eigenvalue weighted by Crippen LogP contribution is -2.64. The molecule has 0 aliphatic carbocycles. The molecule has 11 heteroatoms. The first-order chi connectivity index (χ1) is 15.8. The van der Waals surface area contributed by atoms with Crippen molar-refractivity contribution in [2.24, 2.45) is 0 Å². The molecule has 2 heterocycles. The highest BCUT2D eigenvalue weighted by Gasteiger charge is 2.50. The minimum absolute atomic E-state index is 0.319. The summed E-state index contributed by atoms with van der Waals surface area (Å²) in [5.41, 5.74) is 0. The zero-order chi connectivity index (χ0) is 24.4. The van der Waals surface area contributed by atoms with E-state index in [1.165, 1.54) is 32.1 Å². The van der Waals surface area contributed by atoms with E-state index in [1.54, 1.807) is 0 Å². The number of ether oxygens (including phenoxy) is 4. The van der Waals surface area contributed by atoms with Crippen molar-refractivity contribution < 1.29 is 54.7 Å². The third-order valence-electron chi connectivity index (χ3n) is 6.24. The van der Waals surface area contributed by atoms with Crippen molar-refractivity contribution in [2.45, 2.75) is 120 Å². The molecule has 0 aromatic rings. The zero-order valence-electron chi connectivity index (χ0n) is 19.3. The number of aliphatic hydroxyl groups excluding tert-OH is 7. The molecular formula is C22H42O11. The van der Waals surface area contributed by atoms with Crippen LogP contribution in [0.15, 0.2) is 0 Å². The Hall–Kier alpha value is -0.440. The highest BCUT2D eigenvalue weighted by atomic mass is 16.7. The first-order valence-corrected chi connectivity index (χ1v) is 12.1. The van der Waals surface area contributed by atoms with Crippen molar-refractivity contribution >= 4 is 0 Å². The van der Waals surface area contributed by atoms with Gasteiger partial charge in [-0.05, 0) is 6.42 Å². The largest absolute Gasteiger partial charge is 0.394 e. The summed E-state index contributed by atoms with van der Waals surface area (Å²) in [5, 5.41) is 69.9. The molecule has 33 heavy (non-hydrogen) atoms. The molecule has 7 N–H and O–H groups in total. The summed E-state index contributed by atoms with van der Waals surface area (Å²) < 4.78 is 22.0. The van der Waals surface area contributed by atoms with E-state index in [2.05, 4.69) is 6.92 Å². The zero-order valence-corrected chi connectivity index (χ0v) is 19.3. The summed E-state index contributed by atoms with van der Waals surface area (Å²) in [5.74, 6) is 0. The van der Waals surface area contributed by atoms with Gasteiger partial charge >= 0.3 is 0 Å². The molecule has 0 bridgehead atoms. The molecule has 0 saturated carbocycles. The second-order valence-corrected chi connectivity index (χ2v) is 8.85. The van der Waals surface area contributed by atoms with E-state index >= 15 is 0 Å². The fourth-order valence-electron chi connectivity index (χ4n) is 4.13. The highest BCUT2D eigenvalue weighted by Crippen LogP contribution is 2.29. The van der Waals surface area contributed by atoms with Crippen molar-refractivity contribution in [3.8, 4) is 0 Å². The van der Waals surface area contributed by atoms with Gasteiger partial charge < -0.3 is 54.7 Å². The molecule has 0 spiro atoms. The van der Waals surface area contributed by atoms with Crippen molar-refractivity contribution in [1.29, 1.82) is 0 Å². The molecule has 196 valence electrons. The third-order valence-corrected chi connectivity index (χ3v) is 6.24. The van der Waals surface area contributed by atoms with Gasteiger partial charge in [-0.15, -0.1) is 0 Å². The Balaban J connectivity index is 1.82. The average molecular weight is 483 g/mol. The smallest absolute Gasteiger partial charge is 0.187 e. The first-order valence-electron chi connectivity index (χ1n) is 12.1. The molecule has 2 fully saturated rings. The van der Waals surface area contributed by atoms with E-state index in [1.807, 2.05) is 0 Å². The molecule has 10 atom stereocenters. The van der Waals surface area contributed by atoms with Crippen molar-refractivity contribution in [3.63, 3.8) is 0 Å². The Morgan fingerprint density at radius 3 is 1.76 bits per heavy atom. The van der Waals surface area contributed by atoms with Crippen LogP contribution in [0.5, 0.6) is 0 Å². The summed E-state index contributed by atoms with van der Waals surface area (Å²) in [7, 11) is 0. The molecule has 2 saturated heterocycles. The maximum absolute atomic E-state index is 10.6. The quantitative estimate of drug-likeness (QED) is 0.147. The highest BCUT2D eigenvalue weighted by molar-refractivity contribution is 4.94. The minimum atomic E-state index is -1.69. The van der Waals surface area contributed by atoms with Crippen LogP contribution in [-0.2, 0) is 18.9 Å². The number of hydrogen-bond acceptors (Lipinski definition) is 11. The molecule has 0 aromatic heterocycles. The van der Waals surface area contributed by atoms with Crippen LogP contribution in [-0.4, -0.2) is 117 Å². The van der Waals surface area contributed by atoms with E-state index < -0.39 is 74.6 Å². The van der Waals surface area contributed by atoms with E-state index in [-0.39, 0.29) is 0 Å². The molecule has 2 rings (SSSR count). The Morgan fingerprint density at radius 1 is 0.606 bits per heavy atom. The van der Waals surface area contributed by atoms with Gasteiger partial charge in [0.2, 0.25) is 0 Å². The van der Waals surface area contributed by atoms with Crippen LogP contribution < -0.4 is 0 Å². The third kappa shape index (κ3) is 8.04. The van der Waals surface area contributed by atoms with Crippen molar-refractivity contribution in [1.82, 2.24) is 0 Å². The van der Waals surface area contributed by atoms with Gasteiger partial charge in [-0.1, -0.05) is 51.9 Å². The SMILES string of the molecule is CCCCCCCCCCO[C@@H]1OC(CO)[C@H](O[C@@H]2OC(CO)[C@@H](O)[C@@H](O)C2O)[C@@H](O)C1O. The van der Waals surface area contributed by atoms with Crippen LogP contribution in [0.4, 0.5) is 0 Å². The number of rotatable bonds is 14. The Kier molecular flexibility index (Phi) is 13.0. The standard InChI is InChI=1S/C22H42O11/c1-2-3-4-5-6-7-8-9-10-30-21-19(29)17(27)20(14(12-24)32-21)33-22-18(28)16(26)15(25)13(11-23)31-22/h13-29H,2-12H2,1H3/t13?,14?,15-,16-,17+,18?,19?,20+,21-,22+/m1/s1. The van der Waals surface area contributed by atoms with Crippen LogP contribution in [0, 0.1) is 0 Å². The number of aliphatic hydroxyl groups is 7. The predicted molar refractivity (Wildman–Crippen MR) is 115 cm³/mol. The second kappa shape index (κ2) is 14.8. The van der Waals surface area contributed by atoms with E-state index in [0.717, 1.165) is 19.3 Å². The van der Waals surface area contributed by atoms with E-state index in [0.29, 0.717) is 6.61 Å². The summed E-state index contributed by atoms with van der Waals surface area (Å²) >= 11 is 0. The lowest BCUT2D eigenvalue weighted by molar-refractivity contribution is -0.359. The van der Waals surface area contributed by atoms with Gasteiger partial charge in [0.05, 0.1) is 13.2 Å².